The first-order valence-corrected chi connectivity index (χ1v) is 8.54. The molecule has 0 saturated heterocycles. The average molecular weight is 343 g/mol. The second kappa shape index (κ2) is 6.88. The van der Waals surface area contributed by atoms with Crippen LogP contribution in [0, 0.1) is 0 Å². The van der Waals surface area contributed by atoms with Crippen LogP contribution in [0.15, 0.2) is 30.3 Å². The molecule has 1 aliphatic heterocycles. The highest BCUT2D eigenvalue weighted by atomic mass is 16.5. The Morgan fingerprint density at radius 2 is 1.96 bits per heavy atom. The van der Waals surface area contributed by atoms with E-state index >= 15 is 0 Å². The number of carboxylic acid groups (broad SMARTS) is 1. The van der Waals surface area contributed by atoms with E-state index in [1.165, 1.54) is 11.3 Å². The summed E-state index contributed by atoms with van der Waals surface area (Å²) >= 11 is 0. The molecule has 6 nitrogen and oxygen atoms in total. The Labute approximate surface area is 148 Å². The van der Waals surface area contributed by atoms with Crippen LogP contribution in [0.3, 0.4) is 0 Å². The van der Waals surface area contributed by atoms with Gasteiger partial charge in [0.25, 0.3) is 0 Å². The Kier molecular flexibility index (Phi) is 4.81. The van der Waals surface area contributed by atoms with Crippen molar-refractivity contribution in [1.82, 2.24) is 14.7 Å². The third kappa shape index (κ3) is 4.39. The number of ether oxygens (including phenoxy) is 1. The summed E-state index contributed by atoms with van der Waals surface area (Å²) in [5.41, 5.74) is 3.66. The van der Waals surface area contributed by atoms with Crippen molar-refractivity contribution in [2.75, 3.05) is 13.2 Å². The minimum absolute atomic E-state index is 0.0704. The molecule has 0 atom stereocenters. The SMILES string of the molecule is CC(C)(C)c1cc2n(n1)CCN(Cc1ccc(OCC(=O)O)cc1)C2. The molecule has 1 aromatic carbocycles. The van der Waals surface area contributed by atoms with Crippen molar-refractivity contribution < 1.29 is 14.6 Å². The first kappa shape index (κ1) is 17.5. The summed E-state index contributed by atoms with van der Waals surface area (Å²) in [6.07, 6.45) is 0. The van der Waals surface area contributed by atoms with E-state index in [4.69, 9.17) is 14.9 Å². The molecule has 2 heterocycles. The number of nitrogens with zero attached hydrogens (tertiary/aromatic N) is 3. The summed E-state index contributed by atoms with van der Waals surface area (Å²) in [5, 5.41) is 13.4. The fourth-order valence-electron chi connectivity index (χ4n) is 2.92. The van der Waals surface area contributed by atoms with Gasteiger partial charge < -0.3 is 9.84 Å². The average Bonchev–Trinajstić information content (AvgIpc) is 2.98. The number of carboxylic acids is 1. The second-order valence-electron chi connectivity index (χ2n) is 7.53. The third-order valence-corrected chi connectivity index (χ3v) is 4.34. The van der Waals surface area contributed by atoms with Crippen LogP contribution in [0.1, 0.15) is 37.7 Å². The molecule has 1 aliphatic rings. The van der Waals surface area contributed by atoms with Crippen LogP contribution in [0.5, 0.6) is 5.75 Å². The Morgan fingerprint density at radius 1 is 1.24 bits per heavy atom. The maximum Gasteiger partial charge on any atom is 0.341 e. The molecule has 6 heteroatoms. The van der Waals surface area contributed by atoms with Crippen LogP contribution in [-0.4, -0.2) is 38.9 Å². The maximum absolute atomic E-state index is 10.5. The zero-order chi connectivity index (χ0) is 18.0. The van der Waals surface area contributed by atoms with Gasteiger partial charge in [-0.05, 0) is 23.8 Å². The number of fused-ring (bicyclic) bond motifs is 1. The van der Waals surface area contributed by atoms with Crippen LogP contribution < -0.4 is 4.74 Å². The molecular weight excluding hydrogens is 318 g/mol. The van der Waals surface area contributed by atoms with Gasteiger partial charge in [0.15, 0.2) is 6.61 Å². The quantitative estimate of drug-likeness (QED) is 0.904. The Hall–Kier alpha value is -2.34. The minimum Gasteiger partial charge on any atom is -0.482 e. The van der Waals surface area contributed by atoms with E-state index in [-0.39, 0.29) is 12.0 Å². The van der Waals surface area contributed by atoms with Crippen LogP contribution >= 0.6 is 0 Å². The highest BCUT2D eigenvalue weighted by molar-refractivity contribution is 5.68. The first-order chi connectivity index (χ1) is 11.8. The molecule has 0 aliphatic carbocycles. The van der Waals surface area contributed by atoms with Gasteiger partial charge in [-0.3, -0.25) is 9.58 Å². The monoisotopic (exact) mass is 343 g/mol. The van der Waals surface area contributed by atoms with Crippen molar-refractivity contribution in [3.05, 3.63) is 47.3 Å². The zero-order valence-corrected chi connectivity index (χ0v) is 15.0. The molecule has 25 heavy (non-hydrogen) atoms. The molecule has 0 saturated carbocycles. The van der Waals surface area contributed by atoms with Gasteiger partial charge in [0.2, 0.25) is 0 Å². The zero-order valence-electron chi connectivity index (χ0n) is 15.0. The van der Waals surface area contributed by atoms with Crippen molar-refractivity contribution in [1.29, 1.82) is 0 Å². The molecular formula is C19H25N3O3. The van der Waals surface area contributed by atoms with Crippen LogP contribution in [-0.2, 0) is 29.8 Å². The molecule has 134 valence electrons. The highest BCUT2D eigenvalue weighted by Crippen LogP contribution is 2.24. The summed E-state index contributed by atoms with van der Waals surface area (Å²) in [5.74, 6) is -0.388. The maximum atomic E-state index is 10.5. The highest BCUT2D eigenvalue weighted by Gasteiger charge is 2.23. The first-order valence-electron chi connectivity index (χ1n) is 8.54. The number of aromatic nitrogens is 2. The predicted molar refractivity (Wildman–Crippen MR) is 94.6 cm³/mol. The molecule has 0 fully saturated rings. The Morgan fingerprint density at radius 3 is 2.60 bits per heavy atom. The Balaban J connectivity index is 1.61. The number of hydrogen-bond acceptors (Lipinski definition) is 4. The normalized spacial score (nSPS) is 15.0. The van der Waals surface area contributed by atoms with Crippen LogP contribution in [0.4, 0.5) is 0 Å². The molecule has 0 radical (unpaired) electrons. The standard InChI is InChI=1S/C19H25N3O3/c1-19(2,3)17-10-15-12-21(8-9-22(15)20-17)11-14-4-6-16(7-5-14)25-13-18(23)24/h4-7,10H,8-9,11-13H2,1-3H3,(H,23,24). The van der Waals surface area contributed by atoms with E-state index in [0.717, 1.165) is 31.9 Å². The summed E-state index contributed by atoms with van der Waals surface area (Å²) in [6, 6.07) is 9.84. The van der Waals surface area contributed by atoms with Gasteiger partial charge in [0.1, 0.15) is 5.75 Å². The predicted octanol–water partition coefficient (Wildman–Crippen LogP) is 2.66. The smallest absolute Gasteiger partial charge is 0.341 e. The second-order valence-corrected chi connectivity index (χ2v) is 7.53. The topological polar surface area (TPSA) is 67.6 Å². The van der Waals surface area contributed by atoms with E-state index in [2.05, 4.69) is 36.4 Å². The molecule has 0 unspecified atom stereocenters. The van der Waals surface area contributed by atoms with Crippen molar-refractivity contribution >= 4 is 5.97 Å². The van der Waals surface area contributed by atoms with Crippen LogP contribution in [0.25, 0.3) is 0 Å². The molecule has 3 rings (SSSR count). The molecule has 0 bridgehead atoms. The van der Waals surface area contributed by atoms with Crippen molar-refractivity contribution in [2.45, 2.75) is 45.8 Å². The molecule has 1 aromatic heterocycles. The van der Waals surface area contributed by atoms with Gasteiger partial charge in [-0.1, -0.05) is 32.9 Å². The summed E-state index contributed by atoms with van der Waals surface area (Å²) in [6.45, 7) is 9.87. The molecule has 0 amide bonds. The fourth-order valence-corrected chi connectivity index (χ4v) is 2.92. The van der Waals surface area contributed by atoms with Gasteiger partial charge >= 0.3 is 5.97 Å². The van der Waals surface area contributed by atoms with E-state index in [9.17, 15) is 4.79 Å². The van der Waals surface area contributed by atoms with E-state index in [1.807, 2.05) is 24.3 Å². The van der Waals surface area contributed by atoms with Crippen molar-refractivity contribution in [3.63, 3.8) is 0 Å². The number of benzene rings is 1. The lowest BCUT2D eigenvalue weighted by Gasteiger charge is -2.27. The van der Waals surface area contributed by atoms with Crippen molar-refractivity contribution in [2.24, 2.45) is 0 Å². The fraction of sp³-hybridized carbons (Fsp3) is 0.474. The molecule has 0 spiro atoms. The minimum atomic E-state index is -0.969. The number of aliphatic carboxylic acids is 1. The Bertz CT molecular complexity index is 744. The summed E-state index contributed by atoms with van der Waals surface area (Å²) < 4.78 is 7.29. The molecule has 2 aromatic rings. The van der Waals surface area contributed by atoms with Crippen LogP contribution in [0.2, 0.25) is 0 Å². The van der Waals surface area contributed by atoms with E-state index in [1.54, 1.807) is 0 Å². The van der Waals surface area contributed by atoms with E-state index in [0.29, 0.717) is 5.75 Å². The summed E-state index contributed by atoms with van der Waals surface area (Å²) in [4.78, 5) is 12.9. The number of hydrogen-bond donors (Lipinski definition) is 1. The van der Waals surface area contributed by atoms with Crippen molar-refractivity contribution in [3.8, 4) is 5.75 Å². The number of rotatable bonds is 5. The lowest BCUT2D eigenvalue weighted by molar-refractivity contribution is -0.139. The lowest BCUT2D eigenvalue weighted by atomic mass is 9.92. The lowest BCUT2D eigenvalue weighted by Crippen LogP contribution is -2.33. The van der Waals surface area contributed by atoms with E-state index < -0.39 is 5.97 Å². The molecule has 1 N–H and O–H groups in total. The van der Waals surface area contributed by atoms with Gasteiger partial charge in [0, 0.05) is 25.0 Å². The largest absolute Gasteiger partial charge is 0.482 e. The summed E-state index contributed by atoms with van der Waals surface area (Å²) in [7, 11) is 0. The third-order valence-electron chi connectivity index (χ3n) is 4.34. The van der Waals surface area contributed by atoms with Gasteiger partial charge in [0.05, 0.1) is 17.9 Å². The van der Waals surface area contributed by atoms with Gasteiger partial charge in [-0.2, -0.15) is 5.10 Å². The van der Waals surface area contributed by atoms with Gasteiger partial charge in [-0.15, -0.1) is 0 Å². The van der Waals surface area contributed by atoms with Gasteiger partial charge in [-0.25, -0.2) is 4.79 Å². The number of carbonyl (C=O) groups is 1.